The van der Waals surface area contributed by atoms with Gasteiger partial charge in [0.25, 0.3) is 0 Å². The first-order chi connectivity index (χ1) is 24.8. The Labute approximate surface area is 338 Å². The van der Waals surface area contributed by atoms with E-state index >= 15 is 0 Å². The van der Waals surface area contributed by atoms with E-state index in [0.717, 1.165) is 52.5 Å². The van der Waals surface area contributed by atoms with Gasteiger partial charge in [0.15, 0.2) is 5.78 Å². The summed E-state index contributed by atoms with van der Waals surface area (Å²) in [5.74, 6) is 0.547. The molecule has 3 heterocycles. The molecule has 0 saturated heterocycles. The second-order valence-electron chi connectivity index (χ2n) is 14.7. The number of carbonyl (C=O) groups excluding carboxylic acids is 1. The van der Waals surface area contributed by atoms with Crippen molar-refractivity contribution in [3.8, 4) is 31.5 Å². The van der Waals surface area contributed by atoms with Crippen LogP contribution in [-0.2, 0) is 30.3 Å². The van der Waals surface area contributed by atoms with Crippen LogP contribution in [0.3, 0.4) is 0 Å². The average molecular weight is 922 g/mol. The van der Waals surface area contributed by atoms with Crippen molar-refractivity contribution in [2.24, 2.45) is 11.8 Å². The number of hydrogen-bond donors (Lipinski definition) is 1. The summed E-state index contributed by atoms with van der Waals surface area (Å²) in [5.41, 5.74) is 9.56. The van der Waals surface area contributed by atoms with E-state index in [9.17, 15) is 9.90 Å². The van der Waals surface area contributed by atoms with Gasteiger partial charge in [-0.05, 0) is 74.1 Å². The number of aryl methyl sites for hydroxylation is 1. The Morgan fingerprint density at radius 3 is 2.00 bits per heavy atom. The van der Waals surface area contributed by atoms with Crippen molar-refractivity contribution in [2.45, 2.75) is 100 Å². The van der Waals surface area contributed by atoms with Gasteiger partial charge >= 0.3 is 0 Å². The maximum atomic E-state index is 11.7. The third-order valence-corrected chi connectivity index (χ3v) is 13.2. The number of thiophene rings is 2. The SMILES string of the molecule is CCC(CC)C(=O)/C=C(\O)C(CC)CC.Cc1c(-c2ccccc2)sc(-c2sc3c(-c4[c-]c5ccccc5c(C(C)(C)C)c4)ncnc3c2C)c1C.[Ir]. The zero-order valence-corrected chi connectivity index (χ0v) is 36.8. The number of fused-ring (bicyclic) bond motifs is 2. The predicted octanol–water partition coefficient (Wildman–Crippen LogP) is 13.8. The third kappa shape index (κ3) is 9.08. The van der Waals surface area contributed by atoms with Crippen LogP contribution in [0.1, 0.15) is 96.4 Å². The first kappa shape index (κ1) is 42.3. The molecule has 0 spiro atoms. The van der Waals surface area contributed by atoms with Gasteiger partial charge in [0.2, 0.25) is 0 Å². The summed E-state index contributed by atoms with van der Waals surface area (Å²) in [6, 6.07) is 25.2. The number of benzene rings is 3. The Kier molecular flexibility index (Phi) is 14.5. The van der Waals surface area contributed by atoms with Crippen molar-refractivity contribution < 1.29 is 30.0 Å². The molecule has 53 heavy (non-hydrogen) atoms. The molecule has 3 aromatic heterocycles. The first-order valence-corrected chi connectivity index (χ1v) is 20.3. The van der Waals surface area contributed by atoms with Crippen LogP contribution >= 0.6 is 22.7 Å². The van der Waals surface area contributed by atoms with Crippen molar-refractivity contribution in [1.82, 2.24) is 9.97 Å². The Bertz CT molecular complexity index is 2200. The molecule has 0 unspecified atom stereocenters. The number of aliphatic hydroxyl groups excluding tert-OH is 1. The second kappa shape index (κ2) is 18.2. The Morgan fingerprint density at radius 2 is 1.38 bits per heavy atom. The molecule has 6 rings (SSSR count). The summed E-state index contributed by atoms with van der Waals surface area (Å²) >= 11 is 3.70. The molecule has 1 radical (unpaired) electrons. The van der Waals surface area contributed by atoms with Crippen LogP contribution in [0.5, 0.6) is 0 Å². The summed E-state index contributed by atoms with van der Waals surface area (Å²) in [6.07, 6.45) is 6.62. The number of carbonyl (C=O) groups is 1. The average Bonchev–Trinajstić information content (AvgIpc) is 3.63. The molecule has 4 nitrogen and oxygen atoms in total. The minimum Gasteiger partial charge on any atom is -0.512 e. The molecule has 0 fully saturated rings. The van der Waals surface area contributed by atoms with Gasteiger partial charge in [0, 0.05) is 63.0 Å². The van der Waals surface area contributed by atoms with Crippen molar-refractivity contribution >= 4 is 49.4 Å². The minimum absolute atomic E-state index is 0. The van der Waals surface area contributed by atoms with E-state index in [1.54, 1.807) is 6.33 Å². The minimum atomic E-state index is 0. The summed E-state index contributed by atoms with van der Waals surface area (Å²) in [7, 11) is 0. The van der Waals surface area contributed by atoms with Gasteiger partial charge in [-0.25, -0.2) is 4.98 Å². The van der Waals surface area contributed by atoms with Crippen LogP contribution in [0.25, 0.3) is 52.4 Å². The van der Waals surface area contributed by atoms with Gasteiger partial charge in [0.05, 0.1) is 11.3 Å². The number of aliphatic hydroxyl groups is 1. The third-order valence-electron chi connectivity index (χ3n) is 10.3. The van der Waals surface area contributed by atoms with Crippen LogP contribution < -0.4 is 0 Å². The largest absolute Gasteiger partial charge is 0.512 e. The van der Waals surface area contributed by atoms with Gasteiger partial charge in [0.1, 0.15) is 6.33 Å². The molecule has 0 aliphatic rings. The second-order valence-corrected chi connectivity index (χ2v) is 16.8. The number of ketones is 1. The quantitative estimate of drug-likeness (QED) is 0.0845. The van der Waals surface area contributed by atoms with E-state index in [1.807, 2.05) is 50.4 Å². The Hall–Kier alpha value is -3.48. The summed E-state index contributed by atoms with van der Waals surface area (Å²) in [5, 5.41) is 12.1. The zero-order chi connectivity index (χ0) is 37.7. The van der Waals surface area contributed by atoms with Crippen molar-refractivity contribution in [3.63, 3.8) is 0 Å². The van der Waals surface area contributed by atoms with Gasteiger partial charge < -0.3 is 5.11 Å². The summed E-state index contributed by atoms with van der Waals surface area (Å²) in [6.45, 7) is 21.6. The van der Waals surface area contributed by atoms with E-state index in [1.165, 1.54) is 53.9 Å². The van der Waals surface area contributed by atoms with E-state index in [0.29, 0.717) is 0 Å². The number of nitrogens with zero attached hydrogens (tertiary/aromatic N) is 2. The molecular weight excluding hydrogens is 869 g/mol. The molecule has 0 aliphatic heterocycles. The van der Waals surface area contributed by atoms with E-state index in [-0.39, 0.29) is 48.9 Å². The molecule has 6 aromatic rings. The van der Waals surface area contributed by atoms with Crippen LogP contribution in [0, 0.1) is 38.7 Å². The zero-order valence-electron chi connectivity index (χ0n) is 32.8. The molecule has 0 saturated carbocycles. The van der Waals surface area contributed by atoms with Crippen LogP contribution in [0.2, 0.25) is 0 Å². The maximum absolute atomic E-state index is 11.7. The molecule has 0 amide bonds. The van der Waals surface area contributed by atoms with Gasteiger partial charge in [-0.15, -0.1) is 51.8 Å². The van der Waals surface area contributed by atoms with Crippen molar-refractivity contribution in [1.29, 1.82) is 0 Å². The maximum Gasteiger partial charge on any atom is 0.162 e. The Morgan fingerprint density at radius 1 is 0.792 bits per heavy atom. The summed E-state index contributed by atoms with van der Waals surface area (Å²) < 4.78 is 1.13. The monoisotopic (exact) mass is 922 g/mol. The number of rotatable bonds is 10. The molecule has 0 atom stereocenters. The van der Waals surface area contributed by atoms with Crippen LogP contribution in [0.4, 0.5) is 0 Å². The molecule has 0 bridgehead atoms. The van der Waals surface area contributed by atoms with Gasteiger partial charge in [-0.1, -0.05) is 108 Å². The standard InChI is InChI=1S/C33H29N2S2.C13H24O2.Ir/c1-19-20(2)30(36-29(19)22-12-8-7-9-13-22)31-21(3)27-32(37-31)28(35-18-34-27)24-16-23-14-10-11-15-25(23)26(17-24)33(4,5)6;1-5-10(6-2)12(14)9-13(15)11(7-3)8-4;/h7-15,17-18H,1-6H3;9-11,14H,5-8H2,1-4H3;/q-1;;/b;12-9-;. The topological polar surface area (TPSA) is 63.1 Å². The molecule has 7 heteroatoms. The fraction of sp³-hybridized carbons (Fsp3) is 0.370. The number of aromatic nitrogens is 2. The van der Waals surface area contributed by atoms with E-state index < -0.39 is 0 Å². The number of allylic oxidation sites excluding steroid dienone is 2. The van der Waals surface area contributed by atoms with Crippen LogP contribution in [0.15, 0.2) is 78.8 Å². The smallest absolute Gasteiger partial charge is 0.162 e. The van der Waals surface area contributed by atoms with Crippen molar-refractivity contribution in [2.75, 3.05) is 0 Å². The molecular formula is C46H53IrN2O2S2-. The van der Waals surface area contributed by atoms with E-state index in [2.05, 4.69) is 108 Å². The van der Waals surface area contributed by atoms with Crippen molar-refractivity contribution in [3.05, 3.63) is 107 Å². The molecule has 281 valence electrons. The van der Waals surface area contributed by atoms with Gasteiger partial charge in [-0.2, -0.15) is 0 Å². The molecule has 0 aliphatic carbocycles. The van der Waals surface area contributed by atoms with Gasteiger partial charge in [-0.3, -0.25) is 9.78 Å². The fourth-order valence-electron chi connectivity index (χ4n) is 6.87. The molecule has 3 aromatic carbocycles. The van der Waals surface area contributed by atoms with E-state index in [4.69, 9.17) is 9.97 Å². The normalized spacial score (nSPS) is 12.0. The number of hydrogen-bond acceptors (Lipinski definition) is 6. The Balaban J connectivity index is 0.000000335. The predicted molar refractivity (Wildman–Crippen MR) is 225 cm³/mol. The van der Waals surface area contributed by atoms with Crippen LogP contribution in [-0.4, -0.2) is 20.9 Å². The molecule has 1 N–H and O–H groups in total. The first-order valence-electron chi connectivity index (χ1n) is 18.6. The summed E-state index contributed by atoms with van der Waals surface area (Å²) in [4.78, 5) is 25.3. The fourth-order valence-corrected chi connectivity index (χ4v) is 9.70.